The number of rotatable bonds is 2. The van der Waals surface area contributed by atoms with E-state index in [9.17, 15) is 18.0 Å². The van der Waals surface area contributed by atoms with Gasteiger partial charge in [0.25, 0.3) is 0 Å². The number of aryl methyl sites for hydroxylation is 1. The molecule has 2 aromatic rings. The highest BCUT2D eigenvalue weighted by Gasteiger charge is 2.38. The molecule has 0 radical (unpaired) electrons. The number of hydrogen-bond donors (Lipinski definition) is 1. The topological polar surface area (TPSA) is 53.9 Å². The second kappa shape index (κ2) is 5.59. The summed E-state index contributed by atoms with van der Waals surface area (Å²) in [6.45, 7) is 1.66. The number of alkyl halides is 3. The van der Waals surface area contributed by atoms with Crippen LogP contribution in [0.3, 0.4) is 0 Å². The van der Waals surface area contributed by atoms with E-state index in [0.717, 1.165) is 28.9 Å². The third-order valence-electron chi connectivity index (χ3n) is 3.90. The average molecular weight is 347 g/mol. The van der Waals surface area contributed by atoms with Crippen molar-refractivity contribution in [2.45, 2.75) is 32.5 Å². The highest BCUT2D eigenvalue weighted by Crippen LogP contribution is 2.35. The number of anilines is 1. The Morgan fingerprint density at radius 3 is 2.87 bits per heavy atom. The van der Waals surface area contributed by atoms with E-state index < -0.39 is 16.9 Å². The molecule has 1 amide bonds. The summed E-state index contributed by atoms with van der Waals surface area (Å²) in [5, 5.41) is 3.00. The minimum absolute atomic E-state index is 0.124. The second-order valence-corrected chi connectivity index (χ2v) is 5.77. The van der Waals surface area contributed by atoms with E-state index in [2.05, 4.69) is 10.1 Å². The van der Waals surface area contributed by atoms with E-state index in [1.807, 2.05) is 0 Å². The monoisotopic (exact) mass is 346 g/mol. The molecule has 1 aliphatic rings. The maximum absolute atomic E-state index is 12.8. The standard InChI is InChI=1S/C14H14ClF3N4O/c1-8-12(15)13(14(16,17)18)20-22(8)7-11(23)21-6-2-3-9-10(21)4-5-19-9/h4-5,19H,2-3,6-7H2,1H3. The summed E-state index contributed by atoms with van der Waals surface area (Å²) in [6.07, 6.45) is -1.26. The van der Waals surface area contributed by atoms with Gasteiger partial charge in [-0.15, -0.1) is 0 Å². The van der Waals surface area contributed by atoms with Crippen LogP contribution in [0.15, 0.2) is 12.3 Å². The summed E-state index contributed by atoms with van der Waals surface area (Å²) in [6, 6.07) is 1.79. The molecule has 0 aromatic carbocycles. The van der Waals surface area contributed by atoms with Crippen LogP contribution in [0.4, 0.5) is 18.9 Å². The van der Waals surface area contributed by atoms with Crippen molar-refractivity contribution < 1.29 is 18.0 Å². The fourth-order valence-electron chi connectivity index (χ4n) is 2.72. The van der Waals surface area contributed by atoms with E-state index in [-0.39, 0.29) is 18.1 Å². The molecule has 0 saturated heterocycles. The lowest BCUT2D eigenvalue weighted by Gasteiger charge is -2.27. The highest BCUT2D eigenvalue weighted by molar-refractivity contribution is 6.32. The summed E-state index contributed by atoms with van der Waals surface area (Å²) in [7, 11) is 0. The summed E-state index contributed by atoms with van der Waals surface area (Å²) in [4.78, 5) is 17.1. The number of nitrogens with zero attached hydrogens (tertiary/aromatic N) is 3. The second-order valence-electron chi connectivity index (χ2n) is 5.39. The van der Waals surface area contributed by atoms with Crippen LogP contribution in [0.1, 0.15) is 23.5 Å². The van der Waals surface area contributed by atoms with Crippen molar-refractivity contribution in [1.29, 1.82) is 0 Å². The molecular formula is C14H14ClF3N4O. The van der Waals surface area contributed by atoms with Crippen LogP contribution in [0.25, 0.3) is 0 Å². The maximum Gasteiger partial charge on any atom is 0.436 e. The molecule has 3 heterocycles. The molecule has 9 heteroatoms. The van der Waals surface area contributed by atoms with Gasteiger partial charge in [-0.2, -0.15) is 18.3 Å². The Morgan fingerprint density at radius 1 is 1.48 bits per heavy atom. The van der Waals surface area contributed by atoms with E-state index in [1.54, 1.807) is 17.2 Å². The first kappa shape index (κ1) is 15.9. The first-order chi connectivity index (χ1) is 10.8. The molecule has 124 valence electrons. The molecule has 2 aromatic heterocycles. The van der Waals surface area contributed by atoms with E-state index >= 15 is 0 Å². The zero-order valence-electron chi connectivity index (χ0n) is 12.2. The van der Waals surface area contributed by atoms with Gasteiger partial charge in [-0.05, 0) is 25.8 Å². The molecular weight excluding hydrogens is 333 g/mol. The van der Waals surface area contributed by atoms with Gasteiger partial charge in [0, 0.05) is 18.4 Å². The zero-order valence-corrected chi connectivity index (χ0v) is 13.0. The molecule has 0 atom stereocenters. The molecule has 0 fully saturated rings. The van der Waals surface area contributed by atoms with E-state index in [0.29, 0.717) is 6.54 Å². The number of halogens is 4. The predicted octanol–water partition coefficient (Wildman–Crippen LogP) is 3.17. The van der Waals surface area contributed by atoms with Crippen molar-refractivity contribution in [2.24, 2.45) is 0 Å². The molecule has 0 bridgehead atoms. The summed E-state index contributed by atoms with van der Waals surface area (Å²) < 4.78 is 39.5. The Labute approximate surface area is 135 Å². The van der Waals surface area contributed by atoms with Crippen LogP contribution >= 0.6 is 11.6 Å². The number of H-pyrrole nitrogens is 1. The summed E-state index contributed by atoms with van der Waals surface area (Å²) >= 11 is 5.70. The van der Waals surface area contributed by atoms with Crippen molar-refractivity contribution in [3.8, 4) is 0 Å². The number of fused-ring (bicyclic) bond motifs is 1. The van der Waals surface area contributed by atoms with Crippen LogP contribution in [0, 0.1) is 6.92 Å². The smallest absolute Gasteiger partial charge is 0.363 e. The normalized spacial score (nSPS) is 14.9. The number of hydrogen-bond acceptors (Lipinski definition) is 2. The number of amides is 1. The Hall–Kier alpha value is -1.96. The Balaban J connectivity index is 1.85. The highest BCUT2D eigenvalue weighted by atomic mass is 35.5. The number of carbonyl (C=O) groups excluding carboxylic acids is 1. The van der Waals surface area contributed by atoms with Crippen LogP contribution in [0.2, 0.25) is 5.02 Å². The molecule has 0 saturated carbocycles. The van der Waals surface area contributed by atoms with Crippen molar-refractivity contribution in [3.05, 3.63) is 34.4 Å². The lowest BCUT2D eigenvalue weighted by Crippen LogP contribution is -2.37. The van der Waals surface area contributed by atoms with Gasteiger partial charge in [-0.25, -0.2) is 0 Å². The molecule has 1 aliphatic heterocycles. The lowest BCUT2D eigenvalue weighted by molar-refractivity contribution is -0.141. The zero-order chi connectivity index (χ0) is 16.8. The fourth-order valence-corrected chi connectivity index (χ4v) is 2.96. The van der Waals surface area contributed by atoms with Crippen LogP contribution < -0.4 is 4.90 Å². The number of carbonyl (C=O) groups is 1. The largest absolute Gasteiger partial charge is 0.436 e. The first-order valence-electron chi connectivity index (χ1n) is 7.05. The molecule has 5 nitrogen and oxygen atoms in total. The first-order valence-corrected chi connectivity index (χ1v) is 7.43. The number of aromatic amines is 1. The van der Waals surface area contributed by atoms with Gasteiger partial charge in [0.05, 0.1) is 16.4 Å². The maximum atomic E-state index is 12.8. The van der Waals surface area contributed by atoms with Crippen LogP contribution in [0.5, 0.6) is 0 Å². The quantitative estimate of drug-likeness (QED) is 0.908. The SMILES string of the molecule is Cc1c(Cl)c(C(F)(F)F)nn1CC(=O)N1CCCc2[nH]ccc21. The minimum atomic E-state index is -4.64. The molecule has 0 spiro atoms. The van der Waals surface area contributed by atoms with Gasteiger partial charge in [-0.3, -0.25) is 9.48 Å². The van der Waals surface area contributed by atoms with Crippen LogP contribution in [-0.2, 0) is 23.9 Å². The molecule has 0 aliphatic carbocycles. The molecule has 3 rings (SSSR count). The Bertz CT molecular complexity index is 750. The van der Waals surface area contributed by atoms with Gasteiger partial charge in [0.2, 0.25) is 5.91 Å². The van der Waals surface area contributed by atoms with Gasteiger partial charge >= 0.3 is 6.18 Å². The van der Waals surface area contributed by atoms with Gasteiger partial charge in [-0.1, -0.05) is 11.6 Å². The summed E-state index contributed by atoms with van der Waals surface area (Å²) in [5.74, 6) is -0.318. The van der Waals surface area contributed by atoms with Crippen molar-refractivity contribution in [3.63, 3.8) is 0 Å². The molecule has 0 unspecified atom stereocenters. The van der Waals surface area contributed by atoms with E-state index in [4.69, 9.17) is 11.6 Å². The molecule has 1 N–H and O–H groups in total. The number of nitrogens with one attached hydrogen (secondary N) is 1. The van der Waals surface area contributed by atoms with Gasteiger partial charge in [0.15, 0.2) is 5.69 Å². The molecule has 23 heavy (non-hydrogen) atoms. The fraction of sp³-hybridized carbons (Fsp3) is 0.429. The van der Waals surface area contributed by atoms with Crippen LogP contribution in [-0.4, -0.2) is 27.2 Å². The van der Waals surface area contributed by atoms with Gasteiger partial charge in [0.1, 0.15) is 6.54 Å². The lowest BCUT2D eigenvalue weighted by atomic mass is 10.1. The minimum Gasteiger partial charge on any atom is -0.363 e. The van der Waals surface area contributed by atoms with E-state index in [1.165, 1.54) is 6.92 Å². The predicted molar refractivity (Wildman–Crippen MR) is 78.4 cm³/mol. The third kappa shape index (κ3) is 2.83. The Morgan fingerprint density at radius 2 is 2.22 bits per heavy atom. The third-order valence-corrected chi connectivity index (χ3v) is 4.35. The van der Waals surface area contributed by atoms with Crippen molar-refractivity contribution >= 4 is 23.2 Å². The van der Waals surface area contributed by atoms with Crippen molar-refractivity contribution in [2.75, 3.05) is 11.4 Å². The average Bonchev–Trinajstić information content (AvgIpc) is 3.06. The summed E-state index contributed by atoms with van der Waals surface area (Å²) in [5.41, 5.74) is 0.688. The van der Waals surface area contributed by atoms with Crippen molar-refractivity contribution in [1.82, 2.24) is 14.8 Å². The Kier molecular flexibility index (Phi) is 3.87. The van der Waals surface area contributed by atoms with Gasteiger partial charge < -0.3 is 9.88 Å². The number of aromatic nitrogens is 3.